The van der Waals surface area contributed by atoms with Gasteiger partial charge in [0, 0.05) is 27.0 Å². The predicted octanol–water partition coefficient (Wildman–Crippen LogP) is 3.72. The third-order valence-electron chi connectivity index (χ3n) is 2.86. The zero-order chi connectivity index (χ0) is 14.2. The summed E-state index contributed by atoms with van der Waals surface area (Å²) in [5.41, 5.74) is 1.90. The Morgan fingerprint density at radius 3 is 2.68 bits per heavy atom. The molecule has 2 heterocycles. The maximum absolute atomic E-state index is 12.0. The maximum Gasteiger partial charge on any atom is 0.253 e. The number of halogens is 1. The number of hydrogen-bond donors (Lipinski definition) is 0. The van der Waals surface area contributed by atoms with Crippen molar-refractivity contribution in [2.24, 2.45) is 0 Å². The van der Waals surface area contributed by atoms with Gasteiger partial charge in [0.15, 0.2) is 0 Å². The maximum atomic E-state index is 12.0. The lowest BCUT2D eigenvalue weighted by Crippen LogP contribution is -2.22. The Balaban J connectivity index is 2.32. The first-order valence-corrected chi connectivity index (χ1v) is 7.76. The number of rotatable bonds is 2. The van der Waals surface area contributed by atoms with E-state index in [9.17, 15) is 4.79 Å². The molecule has 102 valence electrons. The summed E-state index contributed by atoms with van der Waals surface area (Å²) < 4.78 is 2.61. The summed E-state index contributed by atoms with van der Waals surface area (Å²) in [6, 6.07) is 1.83. The van der Waals surface area contributed by atoms with Gasteiger partial charge in [-0.3, -0.25) is 4.79 Å². The number of hydrogen-bond acceptors (Lipinski definition) is 3. The molecule has 0 aliphatic heterocycles. The number of aromatic nitrogens is 2. The van der Waals surface area contributed by atoms with E-state index in [0.717, 1.165) is 20.7 Å². The van der Waals surface area contributed by atoms with Crippen molar-refractivity contribution >= 4 is 27.3 Å². The van der Waals surface area contributed by atoms with E-state index in [2.05, 4.69) is 47.1 Å². The van der Waals surface area contributed by atoms with Gasteiger partial charge in [0.1, 0.15) is 5.01 Å². The second-order valence-electron chi connectivity index (χ2n) is 5.65. The molecule has 0 radical (unpaired) electrons. The van der Waals surface area contributed by atoms with E-state index in [0.29, 0.717) is 6.54 Å². The Bertz CT molecular complexity index is 652. The molecule has 0 fully saturated rings. The van der Waals surface area contributed by atoms with E-state index in [-0.39, 0.29) is 11.0 Å². The summed E-state index contributed by atoms with van der Waals surface area (Å²) in [4.78, 5) is 16.7. The van der Waals surface area contributed by atoms with E-state index in [4.69, 9.17) is 0 Å². The summed E-state index contributed by atoms with van der Waals surface area (Å²) >= 11 is 5.03. The minimum atomic E-state index is 0.0377. The molecular weight excluding hydrogens is 324 g/mol. The van der Waals surface area contributed by atoms with Crippen molar-refractivity contribution in [3.63, 3.8) is 0 Å². The van der Waals surface area contributed by atoms with Crippen LogP contribution >= 0.6 is 27.3 Å². The average molecular weight is 341 g/mol. The molecule has 19 heavy (non-hydrogen) atoms. The predicted molar refractivity (Wildman–Crippen MR) is 83.1 cm³/mol. The topological polar surface area (TPSA) is 34.9 Å². The van der Waals surface area contributed by atoms with E-state index in [1.165, 1.54) is 0 Å². The van der Waals surface area contributed by atoms with Gasteiger partial charge in [-0.05, 0) is 28.9 Å². The minimum Gasteiger partial charge on any atom is -0.307 e. The molecule has 2 aromatic heterocycles. The third-order valence-corrected chi connectivity index (χ3v) is 4.12. The first kappa shape index (κ1) is 14.5. The molecule has 2 aromatic rings. The number of pyridine rings is 1. The molecule has 0 bridgehead atoms. The van der Waals surface area contributed by atoms with Crippen LogP contribution in [0.4, 0.5) is 0 Å². The van der Waals surface area contributed by atoms with Gasteiger partial charge in [0.05, 0.1) is 12.2 Å². The highest BCUT2D eigenvalue weighted by Crippen LogP contribution is 2.24. The summed E-state index contributed by atoms with van der Waals surface area (Å²) in [5.74, 6) is 0. The van der Waals surface area contributed by atoms with Crippen molar-refractivity contribution in [3.8, 4) is 0 Å². The van der Waals surface area contributed by atoms with E-state index in [1.54, 1.807) is 15.9 Å². The second kappa shape index (κ2) is 5.21. The Labute approximate surface area is 125 Å². The monoisotopic (exact) mass is 340 g/mol. The van der Waals surface area contributed by atoms with Gasteiger partial charge in [0.2, 0.25) is 0 Å². The zero-order valence-corrected chi connectivity index (χ0v) is 13.9. The summed E-state index contributed by atoms with van der Waals surface area (Å²) in [5, 5.41) is 3.04. The molecule has 0 saturated carbocycles. The first-order valence-electron chi connectivity index (χ1n) is 6.09. The van der Waals surface area contributed by atoms with Crippen molar-refractivity contribution in [2.45, 2.75) is 39.7 Å². The number of aryl methyl sites for hydroxylation is 1. The summed E-state index contributed by atoms with van der Waals surface area (Å²) in [6.07, 6.45) is 1.81. The van der Waals surface area contributed by atoms with E-state index in [1.807, 2.05) is 19.2 Å². The van der Waals surface area contributed by atoms with Crippen LogP contribution in [0.1, 0.15) is 37.0 Å². The highest BCUT2D eigenvalue weighted by atomic mass is 79.9. The van der Waals surface area contributed by atoms with Crippen LogP contribution in [0.25, 0.3) is 0 Å². The molecule has 0 atom stereocenters. The third kappa shape index (κ3) is 3.34. The SMILES string of the molecule is Cc1cc(Br)cn(Cc2nc(C(C)(C)C)cs2)c1=O. The van der Waals surface area contributed by atoms with Crippen LogP contribution in [-0.2, 0) is 12.0 Å². The van der Waals surface area contributed by atoms with Gasteiger partial charge in [0.25, 0.3) is 5.56 Å². The van der Waals surface area contributed by atoms with Gasteiger partial charge < -0.3 is 4.57 Å². The largest absolute Gasteiger partial charge is 0.307 e. The molecule has 0 aromatic carbocycles. The standard InChI is InChI=1S/C14H17BrN2OS/c1-9-5-10(15)6-17(13(9)18)7-12-16-11(8-19-12)14(2,3)4/h5-6,8H,7H2,1-4H3. The number of nitrogens with zero attached hydrogens (tertiary/aromatic N) is 2. The quantitative estimate of drug-likeness (QED) is 0.834. The molecule has 0 spiro atoms. The second-order valence-corrected chi connectivity index (χ2v) is 7.51. The molecule has 3 nitrogen and oxygen atoms in total. The molecule has 0 N–H and O–H groups in total. The van der Waals surface area contributed by atoms with Crippen molar-refractivity contribution in [1.29, 1.82) is 0 Å². The zero-order valence-electron chi connectivity index (χ0n) is 11.5. The van der Waals surface area contributed by atoms with E-state index >= 15 is 0 Å². The van der Waals surface area contributed by atoms with Gasteiger partial charge in [-0.1, -0.05) is 20.8 Å². The lowest BCUT2D eigenvalue weighted by atomic mass is 9.93. The Morgan fingerprint density at radius 2 is 2.11 bits per heavy atom. The Hall–Kier alpha value is -0.940. The van der Waals surface area contributed by atoms with Crippen LogP contribution in [0.2, 0.25) is 0 Å². The minimum absolute atomic E-state index is 0.0377. The molecule has 0 aliphatic rings. The molecule has 0 saturated heterocycles. The van der Waals surface area contributed by atoms with Gasteiger partial charge >= 0.3 is 0 Å². The summed E-state index contributed by atoms with van der Waals surface area (Å²) in [7, 11) is 0. The highest BCUT2D eigenvalue weighted by molar-refractivity contribution is 9.10. The smallest absolute Gasteiger partial charge is 0.253 e. The average Bonchev–Trinajstić information content (AvgIpc) is 2.73. The molecule has 0 unspecified atom stereocenters. The normalized spacial score (nSPS) is 11.8. The summed E-state index contributed by atoms with van der Waals surface area (Å²) in [6.45, 7) is 8.77. The van der Waals surface area contributed by atoms with Crippen LogP contribution in [0.15, 0.2) is 26.9 Å². The lowest BCUT2D eigenvalue weighted by molar-refractivity contribution is 0.569. The van der Waals surface area contributed by atoms with Gasteiger partial charge in [-0.15, -0.1) is 11.3 Å². The molecule has 0 amide bonds. The lowest BCUT2D eigenvalue weighted by Gasteiger charge is -2.14. The van der Waals surface area contributed by atoms with Crippen LogP contribution in [0, 0.1) is 6.92 Å². The fourth-order valence-electron chi connectivity index (χ4n) is 1.73. The van der Waals surface area contributed by atoms with Gasteiger partial charge in [-0.25, -0.2) is 4.98 Å². The van der Waals surface area contributed by atoms with Crippen LogP contribution in [-0.4, -0.2) is 9.55 Å². The molecule has 0 aliphatic carbocycles. The number of thiazole rings is 1. The molecule has 2 rings (SSSR count). The van der Waals surface area contributed by atoms with Gasteiger partial charge in [-0.2, -0.15) is 0 Å². The fraction of sp³-hybridized carbons (Fsp3) is 0.429. The Morgan fingerprint density at radius 1 is 1.42 bits per heavy atom. The van der Waals surface area contributed by atoms with Crippen LogP contribution in [0.5, 0.6) is 0 Å². The van der Waals surface area contributed by atoms with Crippen molar-refractivity contribution in [3.05, 3.63) is 48.7 Å². The van der Waals surface area contributed by atoms with Crippen molar-refractivity contribution in [1.82, 2.24) is 9.55 Å². The van der Waals surface area contributed by atoms with Crippen LogP contribution < -0.4 is 5.56 Å². The molecular formula is C14H17BrN2OS. The van der Waals surface area contributed by atoms with E-state index < -0.39 is 0 Å². The molecule has 5 heteroatoms. The Kier molecular flexibility index (Phi) is 3.97. The first-order chi connectivity index (χ1) is 8.77. The fourth-order valence-corrected chi connectivity index (χ4v) is 3.34. The van der Waals surface area contributed by atoms with Crippen molar-refractivity contribution in [2.75, 3.05) is 0 Å². The van der Waals surface area contributed by atoms with Crippen LogP contribution in [0.3, 0.4) is 0 Å². The van der Waals surface area contributed by atoms with Crippen molar-refractivity contribution < 1.29 is 0 Å². The highest BCUT2D eigenvalue weighted by Gasteiger charge is 2.17.